The summed E-state index contributed by atoms with van der Waals surface area (Å²) in [6.45, 7) is 2.61. The fraction of sp³-hybridized carbons (Fsp3) is 0.500. The van der Waals surface area contributed by atoms with Crippen LogP contribution in [0.3, 0.4) is 0 Å². The van der Waals surface area contributed by atoms with Crippen LogP contribution >= 0.6 is 11.6 Å². The zero-order chi connectivity index (χ0) is 17.2. The van der Waals surface area contributed by atoms with Crippen LogP contribution in [0.5, 0.6) is 0 Å². The topological polar surface area (TPSA) is 93.7 Å². The average Bonchev–Trinajstić information content (AvgIpc) is 3.00. The lowest BCUT2D eigenvalue weighted by molar-refractivity contribution is 0.0170. The number of hydrogen-bond donors (Lipinski definition) is 4. The zero-order valence-electron chi connectivity index (χ0n) is 13.3. The first-order chi connectivity index (χ1) is 11.5. The maximum absolute atomic E-state index is 12.5. The number of amides is 3. The number of halogens is 1. The number of benzene rings is 1. The largest absolute Gasteiger partial charge is 0.387 e. The molecule has 0 aromatic heterocycles. The van der Waals surface area contributed by atoms with Crippen molar-refractivity contribution in [3.63, 3.8) is 0 Å². The van der Waals surface area contributed by atoms with E-state index in [1.807, 2.05) is 0 Å². The molecular formula is C16H21ClN4O3. The van der Waals surface area contributed by atoms with E-state index in [0.29, 0.717) is 42.3 Å². The second-order valence-corrected chi connectivity index (χ2v) is 6.64. The summed E-state index contributed by atoms with van der Waals surface area (Å²) < 4.78 is 0. The highest BCUT2D eigenvalue weighted by Gasteiger charge is 2.30. The lowest BCUT2D eigenvalue weighted by atomic mass is 9.94. The minimum absolute atomic E-state index is 0.156. The van der Waals surface area contributed by atoms with Gasteiger partial charge in [-0.1, -0.05) is 11.6 Å². The number of anilines is 1. The first-order valence-corrected chi connectivity index (χ1v) is 8.43. The average molecular weight is 353 g/mol. The van der Waals surface area contributed by atoms with Crippen LogP contribution in [-0.4, -0.2) is 55.4 Å². The molecule has 0 saturated carbocycles. The van der Waals surface area contributed by atoms with Crippen LogP contribution in [0.25, 0.3) is 0 Å². The van der Waals surface area contributed by atoms with E-state index in [-0.39, 0.29) is 18.5 Å². The van der Waals surface area contributed by atoms with Crippen molar-refractivity contribution in [2.24, 2.45) is 0 Å². The monoisotopic (exact) mass is 352 g/mol. The van der Waals surface area contributed by atoms with Gasteiger partial charge in [0.2, 0.25) is 0 Å². The van der Waals surface area contributed by atoms with E-state index in [1.165, 1.54) is 0 Å². The van der Waals surface area contributed by atoms with Crippen LogP contribution in [0.2, 0.25) is 5.02 Å². The number of carbonyl (C=O) groups is 2. The summed E-state index contributed by atoms with van der Waals surface area (Å²) in [5, 5.41) is 19.3. The van der Waals surface area contributed by atoms with Crippen LogP contribution in [0.4, 0.5) is 10.5 Å². The van der Waals surface area contributed by atoms with Gasteiger partial charge in [-0.3, -0.25) is 9.69 Å². The Bertz CT molecular complexity index is 646. The standard InChI is InChI=1S/C16H21ClN4O3/c17-13-3-2-11(21-7-6-19-15(21)23)8-12(13)14(22)20-10-16(24)4-1-5-18-9-16/h2-3,8,18,24H,1,4-7,9-10H2,(H,19,23)(H,20,22). The lowest BCUT2D eigenvalue weighted by Crippen LogP contribution is -2.52. The Morgan fingerprint density at radius 2 is 2.25 bits per heavy atom. The molecule has 2 heterocycles. The molecule has 0 bridgehead atoms. The third-order valence-electron chi connectivity index (χ3n) is 4.39. The van der Waals surface area contributed by atoms with E-state index in [4.69, 9.17) is 11.6 Å². The SMILES string of the molecule is O=C(NCC1(O)CCCNC1)c1cc(N2CCNC2=O)ccc1Cl. The van der Waals surface area contributed by atoms with Crippen molar-refractivity contribution in [3.05, 3.63) is 28.8 Å². The second-order valence-electron chi connectivity index (χ2n) is 6.24. The van der Waals surface area contributed by atoms with E-state index in [2.05, 4.69) is 16.0 Å². The van der Waals surface area contributed by atoms with Gasteiger partial charge in [-0.15, -0.1) is 0 Å². The number of nitrogens with zero attached hydrogens (tertiary/aromatic N) is 1. The maximum atomic E-state index is 12.5. The third-order valence-corrected chi connectivity index (χ3v) is 4.72. The fourth-order valence-electron chi connectivity index (χ4n) is 3.02. The van der Waals surface area contributed by atoms with Crippen molar-refractivity contribution in [3.8, 4) is 0 Å². The van der Waals surface area contributed by atoms with Crippen LogP contribution in [-0.2, 0) is 0 Å². The van der Waals surface area contributed by atoms with Gasteiger partial charge < -0.3 is 21.1 Å². The molecule has 3 amide bonds. The van der Waals surface area contributed by atoms with Crippen LogP contribution in [0.15, 0.2) is 18.2 Å². The van der Waals surface area contributed by atoms with Crippen molar-refractivity contribution in [1.29, 1.82) is 0 Å². The Kier molecular flexibility index (Phi) is 4.93. The van der Waals surface area contributed by atoms with Gasteiger partial charge in [-0.05, 0) is 37.6 Å². The molecule has 1 aromatic carbocycles. The molecule has 3 rings (SSSR count). The Hall–Kier alpha value is -1.83. The molecule has 1 atom stereocenters. The van der Waals surface area contributed by atoms with Crippen LogP contribution in [0, 0.1) is 0 Å². The van der Waals surface area contributed by atoms with Gasteiger partial charge in [-0.25, -0.2) is 4.79 Å². The molecule has 130 valence electrons. The second kappa shape index (κ2) is 6.96. The zero-order valence-corrected chi connectivity index (χ0v) is 14.0. The molecule has 0 spiro atoms. The molecule has 1 aromatic rings. The predicted octanol–water partition coefficient (Wildman–Crippen LogP) is 0.714. The quantitative estimate of drug-likeness (QED) is 0.642. The maximum Gasteiger partial charge on any atom is 0.321 e. The number of carbonyl (C=O) groups excluding carboxylic acids is 2. The Morgan fingerprint density at radius 1 is 1.42 bits per heavy atom. The molecule has 2 saturated heterocycles. The molecule has 2 fully saturated rings. The molecule has 4 N–H and O–H groups in total. The molecule has 0 radical (unpaired) electrons. The van der Waals surface area contributed by atoms with Gasteiger partial charge in [0.25, 0.3) is 5.91 Å². The van der Waals surface area contributed by atoms with Crippen LogP contribution in [0.1, 0.15) is 23.2 Å². The highest BCUT2D eigenvalue weighted by atomic mass is 35.5. The summed E-state index contributed by atoms with van der Waals surface area (Å²) >= 11 is 6.14. The van der Waals surface area contributed by atoms with Crippen LogP contribution < -0.4 is 20.9 Å². The highest BCUT2D eigenvalue weighted by Crippen LogP contribution is 2.24. The number of piperidine rings is 1. The summed E-state index contributed by atoms with van der Waals surface area (Å²) in [4.78, 5) is 25.8. The van der Waals surface area contributed by atoms with E-state index < -0.39 is 5.60 Å². The smallest absolute Gasteiger partial charge is 0.321 e. The van der Waals surface area contributed by atoms with Gasteiger partial charge in [0.15, 0.2) is 0 Å². The van der Waals surface area contributed by atoms with Gasteiger partial charge in [0, 0.05) is 31.9 Å². The number of rotatable bonds is 4. The molecule has 24 heavy (non-hydrogen) atoms. The number of urea groups is 1. The number of β-amino-alcohol motifs (C(OH)–C–C–N with tert-alkyl or cyclic N) is 1. The molecule has 8 heteroatoms. The lowest BCUT2D eigenvalue weighted by Gasteiger charge is -2.32. The Labute approximate surface area is 145 Å². The molecule has 0 aliphatic carbocycles. The van der Waals surface area contributed by atoms with E-state index in [0.717, 1.165) is 13.0 Å². The summed E-state index contributed by atoms with van der Waals surface area (Å²) in [6, 6.07) is 4.73. The molecular weight excluding hydrogens is 332 g/mol. The fourth-order valence-corrected chi connectivity index (χ4v) is 3.22. The third kappa shape index (κ3) is 3.63. The summed E-state index contributed by atoms with van der Waals surface area (Å²) in [5.41, 5.74) is -0.0221. The summed E-state index contributed by atoms with van der Waals surface area (Å²) in [6.07, 6.45) is 1.51. The molecule has 1 unspecified atom stereocenters. The first-order valence-electron chi connectivity index (χ1n) is 8.05. The minimum atomic E-state index is -0.938. The van der Waals surface area contributed by atoms with Gasteiger partial charge in [0.1, 0.15) is 0 Å². The Balaban J connectivity index is 1.70. The van der Waals surface area contributed by atoms with Crippen molar-refractivity contribution < 1.29 is 14.7 Å². The first kappa shape index (κ1) is 17.0. The van der Waals surface area contributed by atoms with E-state index in [9.17, 15) is 14.7 Å². The van der Waals surface area contributed by atoms with E-state index >= 15 is 0 Å². The highest BCUT2D eigenvalue weighted by molar-refractivity contribution is 6.34. The minimum Gasteiger partial charge on any atom is -0.387 e. The number of nitrogens with one attached hydrogen (secondary N) is 3. The molecule has 2 aliphatic rings. The number of hydrogen-bond acceptors (Lipinski definition) is 4. The van der Waals surface area contributed by atoms with Gasteiger partial charge >= 0.3 is 6.03 Å². The molecule has 2 aliphatic heterocycles. The normalized spacial score (nSPS) is 23.9. The van der Waals surface area contributed by atoms with Gasteiger partial charge in [-0.2, -0.15) is 0 Å². The van der Waals surface area contributed by atoms with Crippen molar-refractivity contribution in [2.75, 3.05) is 37.6 Å². The molecule has 7 nitrogen and oxygen atoms in total. The van der Waals surface area contributed by atoms with Crippen molar-refractivity contribution >= 4 is 29.2 Å². The Morgan fingerprint density at radius 3 is 2.92 bits per heavy atom. The number of aliphatic hydroxyl groups is 1. The van der Waals surface area contributed by atoms with Gasteiger partial charge in [0.05, 0.1) is 16.2 Å². The van der Waals surface area contributed by atoms with Crippen molar-refractivity contribution in [1.82, 2.24) is 16.0 Å². The summed E-state index contributed by atoms with van der Waals surface area (Å²) in [7, 11) is 0. The van der Waals surface area contributed by atoms with Crippen molar-refractivity contribution in [2.45, 2.75) is 18.4 Å². The summed E-state index contributed by atoms with van der Waals surface area (Å²) in [5.74, 6) is -0.361. The van der Waals surface area contributed by atoms with E-state index in [1.54, 1.807) is 23.1 Å². The predicted molar refractivity (Wildman–Crippen MR) is 91.6 cm³/mol.